The Balaban J connectivity index is 1.62. The van der Waals surface area contributed by atoms with Gasteiger partial charge in [-0.05, 0) is 35.4 Å². The van der Waals surface area contributed by atoms with Crippen molar-refractivity contribution in [3.8, 4) is 0 Å². The molecule has 0 unspecified atom stereocenters. The molecule has 3 rings (SSSR count). The Bertz CT molecular complexity index is 769. The first-order chi connectivity index (χ1) is 12.6. The Morgan fingerprint density at radius 1 is 1.00 bits per heavy atom. The highest BCUT2D eigenvalue weighted by Gasteiger charge is 2.19. The number of nitrogens with zero attached hydrogens (tertiary/aromatic N) is 1. The SMILES string of the molecule is CNC(=O)c1ccc(CN(C)C(=O)c2ccc(C3SCCS3)cc2)cc1. The quantitative estimate of drug-likeness (QED) is 0.849. The molecule has 2 aromatic carbocycles. The first kappa shape index (κ1) is 18.9. The first-order valence-electron chi connectivity index (χ1n) is 8.48. The molecular weight excluding hydrogens is 364 g/mol. The third-order valence-electron chi connectivity index (χ3n) is 4.26. The molecule has 26 heavy (non-hydrogen) atoms. The van der Waals surface area contributed by atoms with Crippen LogP contribution in [0.3, 0.4) is 0 Å². The summed E-state index contributed by atoms with van der Waals surface area (Å²) in [5, 5.41) is 2.60. The van der Waals surface area contributed by atoms with Gasteiger partial charge in [0.05, 0.1) is 4.58 Å². The second-order valence-corrected chi connectivity index (χ2v) is 8.86. The van der Waals surface area contributed by atoms with Crippen LogP contribution in [0.1, 0.15) is 36.4 Å². The second kappa shape index (κ2) is 8.64. The van der Waals surface area contributed by atoms with Crippen molar-refractivity contribution in [2.75, 3.05) is 25.6 Å². The Labute approximate surface area is 162 Å². The molecule has 1 aliphatic heterocycles. The number of hydrogen-bond donors (Lipinski definition) is 1. The van der Waals surface area contributed by atoms with Crippen LogP contribution < -0.4 is 5.32 Å². The number of amides is 2. The van der Waals surface area contributed by atoms with Crippen LogP contribution in [0.25, 0.3) is 0 Å². The molecule has 0 aromatic heterocycles. The van der Waals surface area contributed by atoms with E-state index in [4.69, 9.17) is 0 Å². The molecule has 0 saturated carbocycles. The monoisotopic (exact) mass is 386 g/mol. The largest absolute Gasteiger partial charge is 0.355 e. The number of rotatable bonds is 5. The highest BCUT2D eigenvalue weighted by Crippen LogP contribution is 2.45. The van der Waals surface area contributed by atoms with Crippen molar-refractivity contribution in [2.24, 2.45) is 0 Å². The lowest BCUT2D eigenvalue weighted by Crippen LogP contribution is -2.26. The molecule has 0 atom stereocenters. The Kier molecular flexibility index (Phi) is 6.27. The zero-order chi connectivity index (χ0) is 18.5. The van der Waals surface area contributed by atoms with E-state index >= 15 is 0 Å². The minimum Gasteiger partial charge on any atom is -0.355 e. The van der Waals surface area contributed by atoms with Crippen molar-refractivity contribution in [1.29, 1.82) is 0 Å². The molecule has 1 aliphatic rings. The number of benzene rings is 2. The molecule has 0 bridgehead atoms. The fourth-order valence-electron chi connectivity index (χ4n) is 2.81. The van der Waals surface area contributed by atoms with Crippen molar-refractivity contribution < 1.29 is 9.59 Å². The zero-order valence-corrected chi connectivity index (χ0v) is 16.5. The lowest BCUT2D eigenvalue weighted by molar-refractivity contribution is 0.0784. The van der Waals surface area contributed by atoms with Crippen molar-refractivity contribution >= 4 is 35.3 Å². The molecule has 2 aromatic rings. The van der Waals surface area contributed by atoms with Gasteiger partial charge in [0.15, 0.2) is 0 Å². The smallest absolute Gasteiger partial charge is 0.253 e. The Morgan fingerprint density at radius 2 is 1.58 bits per heavy atom. The molecule has 6 heteroatoms. The molecular formula is C20H22N2O2S2. The lowest BCUT2D eigenvalue weighted by Gasteiger charge is -2.18. The molecule has 0 spiro atoms. The van der Waals surface area contributed by atoms with Gasteiger partial charge in [-0.3, -0.25) is 9.59 Å². The van der Waals surface area contributed by atoms with E-state index in [2.05, 4.69) is 17.4 Å². The fourth-order valence-corrected chi connectivity index (χ4v) is 5.66. The number of carbonyl (C=O) groups excluding carboxylic acids is 2. The Hall–Kier alpha value is -1.92. The predicted molar refractivity (Wildman–Crippen MR) is 110 cm³/mol. The molecule has 136 valence electrons. The topological polar surface area (TPSA) is 49.4 Å². The summed E-state index contributed by atoms with van der Waals surface area (Å²) in [6.45, 7) is 0.503. The number of carbonyl (C=O) groups is 2. The highest BCUT2D eigenvalue weighted by molar-refractivity contribution is 8.19. The second-order valence-electron chi connectivity index (χ2n) is 6.13. The van der Waals surface area contributed by atoms with E-state index < -0.39 is 0 Å². The maximum atomic E-state index is 12.7. The standard InChI is InChI=1S/C20H22N2O2S2/c1-21-18(23)15-5-3-14(4-6-15)13-22(2)19(24)16-7-9-17(10-8-16)20-25-11-12-26-20/h3-10,20H,11-13H2,1-2H3,(H,21,23). The molecule has 0 radical (unpaired) electrons. The summed E-state index contributed by atoms with van der Waals surface area (Å²) in [4.78, 5) is 25.9. The maximum absolute atomic E-state index is 12.7. The van der Waals surface area contributed by atoms with E-state index in [9.17, 15) is 9.59 Å². The van der Waals surface area contributed by atoms with E-state index in [0.717, 1.165) is 5.56 Å². The van der Waals surface area contributed by atoms with Crippen LogP contribution in [0, 0.1) is 0 Å². The van der Waals surface area contributed by atoms with Gasteiger partial charge < -0.3 is 10.2 Å². The summed E-state index contributed by atoms with van der Waals surface area (Å²) in [7, 11) is 3.41. The average molecular weight is 387 g/mol. The third kappa shape index (κ3) is 4.43. The number of thioether (sulfide) groups is 2. The first-order valence-corrected chi connectivity index (χ1v) is 10.6. The molecule has 1 heterocycles. The van der Waals surface area contributed by atoms with Gasteiger partial charge >= 0.3 is 0 Å². The van der Waals surface area contributed by atoms with Crippen LogP contribution in [0.15, 0.2) is 48.5 Å². The minimum absolute atomic E-state index is 0.00124. The van der Waals surface area contributed by atoms with Crippen LogP contribution in [0.5, 0.6) is 0 Å². The average Bonchev–Trinajstić information content (AvgIpc) is 3.22. The van der Waals surface area contributed by atoms with Gasteiger partial charge in [0.2, 0.25) is 0 Å². The maximum Gasteiger partial charge on any atom is 0.253 e. The summed E-state index contributed by atoms with van der Waals surface area (Å²) >= 11 is 3.92. The van der Waals surface area contributed by atoms with Crippen LogP contribution >= 0.6 is 23.5 Å². The molecule has 0 aliphatic carbocycles. The Morgan fingerprint density at radius 3 is 2.15 bits per heavy atom. The van der Waals surface area contributed by atoms with Crippen molar-refractivity contribution in [1.82, 2.24) is 10.2 Å². The molecule has 4 nitrogen and oxygen atoms in total. The molecule has 1 saturated heterocycles. The molecule has 1 N–H and O–H groups in total. The highest BCUT2D eigenvalue weighted by atomic mass is 32.2. The van der Waals surface area contributed by atoms with E-state index in [1.165, 1.54) is 17.1 Å². The van der Waals surface area contributed by atoms with Crippen molar-refractivity contribution in [3.05, 3.63) is 70.8 Å². The summed E-state index contributed by atoms with van der Waals surface area (Å²) < 4.78 is 0.496. The third-order valence-corrected chi connectivity index (χ3v) is 7.37. The van der Waals surface area contributed by atoms with Gasteiger partial charge in [-0.2, -0.15) is 0 Å². The van der Waals surface area contributed by atoms with E-state index in [-0.39, 0.29) is 11.8 Å². The van der Waals surface area contributed by atoms with Crippen molar-refractivity contribution in [2.45, 2.75) is 11.1 Å². The zero-order valence-electron chi connectivity index (χ0n) is 14.9. The van der Waals surface area contributed by atoms with Crippen LogP contribution in [-0.2, 0) is 6.54 Å². The summed E-state index contributed by atoms with van der Waals surface area (Å²) in [6, 6.07) is 15.3. The van der Waals surface area contributed by atoms with Gasteiger partial charge in [-0.1, -0.05) is 24.3 Å². The summed E-state index contributed by atoms with van der Waals surface area (Å²) in [6.07, 6.45) is 0. The van der Waals surface area contributed by atoms with Crippen LogP contribution in [0.2, 0.25) is 0 Å². The normalized spacial score (nSPS) is 14.2. The van der Waals surface area contributed by atoms with Crippen LogP contribution in [-0.4, -0.2) is 42.3 Å². The fraction of sp³-hybridized carbons (Fsp3) is 0.300. The molecule has 1 fully saturated rings. The van der Waals surface area contributed by atoms with Crippen molar-refractivity contribution in [3.63, 3.8) is 0 Å². The summed E-state index contributed by atoms with van der Waals surface area (Å²) in [5.74, 6) is 2.27. The van der Waals surface area contributed by atoms with Gasteiger partial charge in [-0.25, -0.2) is 0 Å². The van der Waals surface area contributed by atoms with Gasteiger partial charge in [0.1, 0.15) is 0 Å². The lowest BCUT2D eigenvalue weighted by atomic mass is 10.1. The summed E-state index contributed by atoms with van der Waals surface area (Å²) in [5.41, 5.74) is 3.58. The minimum atomic E-state index is -0.111. The van der Waals surface area contributed by atoms with Gasteiger partial charge in [-0.15, -0.1) is 23.5 Å². The van der Waals surface area contributed by atoms with Gasteiger partial charge in [0, 0.05) is 43.3 Å². The molecule has 2 amide bonds. The number of nitrogens with one attached hydrogen (secondary N) is 1. The van der Waals surface area contributed by atoms with Crippen LogP contribution in [0.4, 0.5) is 0 Å². The van der Waals surface area contributed by atoms with E-state index in [1.807, 2.05) is 47.8 Å². The van der Waals surface area contributed by atoms with Gasteiger partial charge in [0.25, 0.3) is 11.8 Å². The number of hydrogen-bond acceptors (Lipinski definition) is 4. The van der Waals surface area contributed by atoms with E-state index in [0.29, 0.717) is 22.3 Å². The predicted octanol–water partition coefficient (Wildman–Crippen LogP) is 3.80. The van der Waals surface area contributed by atoms with E-state index in [1.54, 1.807) is 31.1 Å².